The Bertz CT molecular complexity index is 1480. The van der Waals surface area contributed by atoms with Gasteiger partial charge in [0.15, 0.2) is 5.13 Å². The number of nitro benzene ring substituents is 1. The number of benzene rings is 3. The summed E-state index contributed by atoms with van der Waals surface area (Å²) in [6.45, 7) is 4.50. The summed E-state index contributed by atoms with van der Waals surface area (Å²) in [5, 5.41) is 12.5. The molecule has 0 radical (unpaired) electrons. The van der Waals surface area contributed by atoms with Crippen LogP contribution in [0.15, 0.2) is 66.7 Å². The highest BCUT2D eigenvalue weighted by Gasteiger charge is 2.24. The maximum absolute atomic E-state index is 13.7. The van der Waals surface area contributed by atoms with E-state index in [1.807, 2.05) is 30.3 Å². The van der Waals surface area contributed by atoms with Crippen LogP contribution in [0.1, 0.15) is 26.4 Å². The molecule has 0 fully saturated rings. The van der Waals surface area contributed by atoms with Crippen molar-refractivity contribution in [3.8, 4) is 0 Å². The highest BCUT2D eigenvalue weighted by molar-refractivity contribution is 7.23. The average molecular weight is 474 g/mol. The summed E-state index contributed by atoms with van der Waals surface area (Å²) in [5.74, 6) is -0.171. The van der Waals surface area contributed by atoms with Gasteiger partial charge in [-0.05, 0) is 54.8 Å². The third-order valence-corrected chi connectivity index (χ3v) is 7.72. The maximum atomic E-state index is 13.7. The van der Waals surface area contributed by atoms with E-state index in [0.29, 0.717) is 21.9 Å². The average Bonchev–Trinajstić information content (AvgIpc) is 3.41. The first kappa shape index (κ1) is 21.2. The largest absolute Gasteiger partial charge is 0.279 e. The predicted molar refractivity (Wildman–Crippen MR) is 135 cm³/mol. The lowest BCUT2D eigenvalue weighted by Gasteiger charge is -2.19. The minimum absolute atomic E-state index is 0.0114. The molecule has 164 valence electrons. The van der Waals surface area contributed by atoms with Crippen molar-refractivity contribution < 1.29 is 9.72 Å². The Balaban J connectivity index is 1.59. The SMILES string of the molecule is Cc1cc2nc(N(Cc3ccccc3)C(=O)c3cc4cc([N+](=O)[O-])ccc4s3)sc2cc1C. The van der Waals surface area contributed by atoms with E-state index in [1.165, 1.54) is 40.4 Å². The summed E-state index contributed by atoms with van der Waals surface area (Å²) in [5.41, 5.74) is 4.22. The zero-order valence-corrected chi connectivity index (χ0v) is 19.6. The third-order valence-electron chi connectivity index (χ3n) is 5.57. The van der Waals surface area contributed by atoms with Crippen molar-refractivity contribution in [1.82, 2.24) is 4.98 Å². The topological polar surface area (TPSA) is 76.3 Å². The number of fused-ring (bicyclic) bond motifs is 2. The maximum Gasteiger partial charge on any atom is 0.270 e. The molecule has 5 rings (SSSR count). The molecule has 0 spiro atoms. The number of aryl methyl sites for hydroxylation is 2. The molecule has 0 aliphatic rings. The van der Waals surface area contributed by atoms with Crippen molar-refractivity contribution in [2.45, 2.75) is 20.4 Å². The van der Waals surface area contributed by atoms with E-state index in [-0.39, 0.29) is 11.6 Å². The number of carbonyl (C=O) groups excluding carboxylic acids is 1. The van der Waals surface area contributed by atoms with E-state index in [2.05, 4.69) is 26.0 Å². The number of thiophene rings is 1. The Kier molecular flexibility index (Phi) is 5.39. The smallest absolute Gasteiger partial charge is 0.270 e. The van der Waals surface area contributed by atoms with Gasteiger partial charge >= 0.3 is 0 Å². The van der Waals surface area contributed by atoms with Gasteiger partial charge in [0, 0.05) is 22.2 Å². The first-order valence-corrected chi connectivity index (χ1v) is 11.9. The second-order valence-electron chi connectivity index (χ2n) is 7.87. The van der Waals surface area contributed by atoms with Gasteiger partial charge < -0.3 is 0 Å². The summed E-state index contributed by atoms with van der Waals surface area (Å²) >= 11 is 2.83. The molecular weight excluding hydrogens is 454 g/mol. The van der Waals surface area contributed by atoms with Crippen LogP contribution in [0.2, 0.25) is 0 Å². The van der Waals surface area contributed by atoms with Crippen LogP contribution in [-0.4, -0.2) is 15.8 Å². The standard InChI is InChI=1S/C25H19N3O3S2/c1-15-10-20-22(11-16(15)2)33-25(26-20)27(14-17-6-4-3-5-7-17)24(29)23-13-18-12-19(28(30)31)8-9-21(18)32-23/h3-13H,14H2,1-2H3. The van der Waals surface area contributed by atoms with Crippen LogP contribution in [0.5, 0.6) is 0 Å². The van der Waals surface area contributed by atoms with Crippen molar-refractivity contribution in [3.05, 3.63) is 98.4 Å². The van der Waals surface area contributed by atoms with Crippen LogP contribution in [0, 0.1) is 24.0 Å². The predicted octanol–water partition coefficient (Wildman–Crippen LogP) is 6.88. The highest BCUT2D eigenvalue weighted by atomic mass is 32.1. The van der Waals surface area contributed by atoms with Crippen LogP contribution in [-0.2, 0) is 6.54 Å². The molecule has 1 amide bonds. The number of amides is 1. The van der Waals surface area contributed by atoms with E-state index >= 15 is 0 Å². The van der Waals surface area contributed by atoms with Crippen LogP contribution >= 0.6 is 22.7 Å². The van der Waals surface area contributed by atoms with Crippen LogP contribution in [0.3, 0.4) is 0 Å². The molecule has 0 saturated heterocycles. The number of rotatable bonds is 5. The van der Waals surface area contributed by atoms with E-state index in [4.69, 9.17) is 4.98 Å². The quantitative estimate of drug-likeness (QED) is 0.206. The Morgan fingerprint density at radius 1 is 0.970 bits per heavy atom. The number of nitrogens with zero attached hydrogens (tertiary/aromatic N) is 3. The van der Waals surface area contributed by atoms with Crippen molar-refractivity contribution in [2.75, 3.05) is 4.90 Å². The fourth-order valence-electron chi connectivity index (χ4n) is 3.66. The molecule has 2 aromatic heterocycles. The lowest BCUT2D eigenvalue weighted by molar-refractivity contribution is -0.384. The van der Waals surface area contributed by atoms with E-state index < -0.39 is 4.92 Å². The van der Waals surface area contributed by atoms with Crippen LogP contribution in [0.25, 0.3) is 20.3 Å². The molecule has 0 N–H and O–H groups in total. The van der Waals surface area contributed by atoms with Crippen molar-refractivity contribution in [2.24, 2.45) is 0 Å². The van der Waals surface area contributed by atoms with Gasteiger partial charge in [-0.2, -0.15) is 0 Å². The Morgan fingerprint density at radius 2 is 1.73 bits per heavy atom. The van der Waals surface area contributed by atoms with Crippen LogP contribution in [0.4, 0.5) is 10.8 Å². The molecule has 0 aliphatic heterocycles. The van der Waals surface area contributed by atoms with Gasteiger partial charge in [0.2, 0.25) is 0 Å². The summed E-state index contributed by atoms with van der Waals surface area (Å²) < 4.78 is 1.87. The minimum atomic E-state index is -0.425. The highest BCUT2D eigenvalue weighted by Crippen LogP contribution is 2.35. The minimum Gasteiger partial charge on any atom is -0.279 e. The summed E-state index contributed by atoms with van der Waals surface area (Å²) in [6, 6.07) is 20.4. The number of hydrogen-bond donors (Lipinski definition) is 0. The Morgan fingerprint density at radius 3 is 2.48 bits per heavy atom. The van der Waals surface area contributed by atoms with Gasteiger partial charge in [-0.15, -0.1) is 11.3 Å². The van der Waals surface area contributed by atoms with Crippen LogP contribution < -0.4 is 4.90 Å². The normalized spacial score (nSPS) is 11.2. The summed E-state index contributed by atoms with van der Waals surface area (Å²) in [7, 11) is 0. The van der Waals surface area contributed by atoms with E-state index in [1.54, 1.807) is 17.0 Å². The number of hydrogen-bond acceptors (Lipinski definition) is 6. The summed E-state index contributed by atoms with van der Waals surface area (Å²) in [6.07, 6.45) is 0. The number of aromatic nitrogens is 1. The molecule has 0 atom stereocenters. The zero-order chi connectivity index (χ0) is 23.1. The second kappa shape index (κ2) is 8.38. The number of thiazole rings is 1. The number of carbonyl (C=O) groups is 1. The molecular formula is C25H19N3O3S2. The molecule has 0 aliphatic carbocycles. The third kappa shape index (κ3) is 4.10. The first-order chi connectivity index (χ1) is 15.9. The second-order valence-corrected chi connectivity index (χ2v) is 9.96. The molecule has 6 nitrogen and oxygen atoms in total. The van der Waals surface area contributed by atoms with Crippen molar-refractivity contribution >= 4 is 59.7 Å². The lowest BCUT2D eigenvalue weighted by atomic mass is 10.1. The molecule has 5 aromatic rings. The van der Waals surface area contributed by atoms with Gasteiger partial charge in [0.1, 0.15) is 0 Å². The molecule has 0 unspecified atom stereocenters. The monoisotopic (exact) mass is 473 g/mol. The van der Waals surface area contributed by atoms with Gasteiger partial charge in [-0.25, -0.2) is 4.98 Å². The Hall–Kier alpha value is -3.62. The van der Waals surface area contributed by atoms with Gasteiger partial charge in [0.25, 0.3) is 11.6 Å². The molecule has 0 bridgehead atoms. The number of nitro groups is 1. The molecule has 3 aromatic carbocycles. The zero-order valence-electron chi connectivity index (χ0n) is 17.9. The number of anilines is 1. The van der Waals surface area contributed by atoms with Gasteiger partial charge in [-0.3, -0.25) is 19.8 Å². The lowest BCUT2D eigenvalue weighted by Crippen LogP contribution is -2.29. The molecule has 0 saturated carbocycles. The first-order valence-electron chi connectivity index (χ1n) is 10.3. The van der Waals surface area contributed by atoms with Gasteiger partial charge in [0.05, 0.1) is 26.6 Å². The molecule has 2 heterocycles. The van der Waals surface area contributed by atoms with Crippen molar-refractivity contribution in [1.29, 1.82) is 0 Å². The Labute approximate surface area is 197 Å². The summed E-state index contributed by atoms with van der Waals surface area (Å²) in [4.78, 5) is 31.4. The molecule has 33 heavy (non-hydrogen) atoms. The fourth-order valence-corrected chi connectivity index (χ4v) is 5.69. The number of non-ortho nitro benzene ring substituents is 1. The van der Waals surface area contributed by atoms with Gasteiger partial charge in [-0.1, -0.05) is 41.7 Å². The van der Waals surface area contributed by atoms with Crippen molar-refractivity contribution in [3.63, 3.8) is 0 Å². The fraction of sp³-hybridized carbons (Fsp3) is 0.120. The van der Waals surface area contributed by atoms with E-state index in [9.17, 15) is 14.9 Å². The van der Waals surface area contributed by atoms with E-state index in [0.717, 1.165) is 26.0 Å². The molecule has 8 heteroatoms.